The summed E-state index contributed by atoms with van der Waals surface area (Å²) >= 11 is 0.739. The van der Waals surface area contributed by atoms with E-state index in [1.54, 1.807) is 0 Å². The molecule has 11 heteroatoms. The predicted octanol–water partition coefficient (Wildman–Crippen LogP) is -1.02. The molecule has 3 N–H and O–H groups in total. The molecule has 1 atom stereocenters. The minimum absolute atomic E-state index is 0.0478. The fraction of sp³-hybridized carbons (Fsp3) is 0.714. The van der Waals surface area contributed by atoms with Crippen LogP contribution in [0.25, 0.3) is 0 Å². The van der Waals surface area contributed by atoms with E-state index < -0.39 is 25.9 Å². The molecule has 0 spiro atoms. The lowest BCUT2D eigenvalue weighted by Gasteiger charge is -2.21. The van der Waals surface area contributed by atoms with Crippen molar-refractivity contribution in [1.82, 2.24) is 14.9 Å². The highest BCUT2D eigenvalue weighted by Crippen LogP contribution is 2.19. The Bertz CT molecular complexity index is 635. The van der Waals surface area contributed by atoms with Gasteiger partial charge in [-0.05, 0) is 12.8 Å². The Balaban J connectivity index is 2.14. The summed E-state index contributed by atoms with van der Waals surface area (Å²) in [5.74, 6) is -0.0719. The van der Waals surface area contributed by atoms with E-state index in [-0.39, 0.29) is 21.0 Å². The van der Waals surface area contributed by atoms with Gasteiger partial charge >= 0.3 is 0 Å². The molecule has 0 saturated carbocycles. The maximum absolute atomic E-state index is 11.9. The van der Waals surface area contributed by atoms with Crippen molar-refractivity contribution in [2.45, 2.75) is 23.2 Å². The van der Waals surface area contributed by atoms with Crippen LogP contribution in [0.3, 0.4) is 0 Å². The normalized spacial score (nSPS) is 23.9. The van der Waals surface area contributed by atoms with Crippen LogP contribution in [0.15, 0.2) is 4.34 Å². The van der Waals surface area contributed by atoms with Gasteiger partial charge in [-0.2, -0.15) is 0 Å². The second-order valence-corrected chi connectivity index (χ2v) is 9.11. The topological polar surface area (TPSA) is 132 Å². The van der Waals surface area contributed by atoms with Gasteiger partial charge in [-0.1, -0.05) is 11.3 Å². The highest BCUT2D eigenvalue weighted by Gasteiger charge is 2.30. The van der Waals surface area contributed by atoms with Gasteiger partial charge in [0.25, 0.3) is 10.0 Å². The molecule has 0 amide bonds. The van der Waals surface area contributed by atoms with E-state index >= 15 is 0 Å². The maximum Gasteiger partial charge on any atom is 0.270 e. The van der Waals surface area contributed by atoms with Gasteiger partial charge in [0.2, 0.25) is 9.47 Å². The molecule has 2 rings (SSSR count). The Kier molecular flexibility index (Phi) is 3.58. The summed E-state index contributed by atoms with van der Waals surface area (Å²) < 4.78 is 48.6. The van der Waals surface area contributed by atoms with Gasteiger partial charge < -0.3 is 5.73 Å². The smallest absolute Gasteiger partial charge is 0.270 e. The van der Waals surface area contributed by atoms with E-state index in [2.05, 4.69) is 14.9 Å². The second-order valence-electron chi connectivity index (χ2n) is 3.98. The van der Waals surface area contributed by atoms with E-state index in [9.17, 15) is 16.8 Å². The van der Waals surface area contributed by atoms with Crippen LogP contribution >= 0.6 is 11.3 Å². The number of sulfone groups is 1. The first-order chi connectivity index (χ1) is 8.28. The van der Waals surface area contributed by atoms with Gasteiger partial charge in [-0.15, -0.1) is 10.2 Å². The molecule has 0 aromatic carbocycles. The van der Waals surface area contributed by atoms with Crippen LogP contribution in [-0.2, 0) is 19.9 Å². The first-order valence-electron chi connectivity index (χ1n) is 5.10. The Hall–Kier alpha value is -0.780. The van der Waals surface area contributed by atoms with Crippen molar-refractivity contribution in [1.29, 1.82) is 0 Å². The van der Waals surface area contributed by atoms with E-state index in [4.69, 9.17) is 5.73 Å². The zero-order valence-corrected chi connectivity index (χ0v) is 11.7. The molecule has 1 saturated heterocycles. The third-order valence-corrected chi connectivity index (χ3v) is 6.90. The number of nitrogens with two attached hydrogens (primary N) is 1. The minimum Gasteiger partial charge on any atom is -0.374 e. The summed E-state index contributed by atoms with van der Waals surface area (Å²) in [4.78, 5) is 0. The molecule has 1 fully saturated rings. The molecular formula is C7H12N4O4S3. The highest BCUT2D eigenvalue weighted by atomic mass is 32.2. The Morgan fingerprint density at radius 1 is 1.39 bits per heavy atom. The minimum atomic E-state index is -3.84. The number of anilines is 1. The molecule has 1 aliphatic heterocycles. The zero-order valence-electron chi connectivity index (χ0n) is 9.24. The Labute approximate surface area is 109 Å². The molecule has 0 radical (unpaired) electrons. The average molecular weight is 312 g/mol. The molecule has 2 heterocycles. The first-order valence-corrected chi connectivity index (χ1v) is 9.22. The van der Waals surface area contributed by atoms with Gasteiger partial charge in [0.1, 0.15) is 0 Å². The molecule has 1 unspecified atom stereocenters. The van der Waals surface area contributed by atoms with Gasteiger partial charge in [-0.3, -0.25) is 0 Å². The van der Waals surface area contributed by atoms with Gasteiger partial charge in [0.05, 0.1) is 11.5 Å². The fourth-order valence-electron chi connectivity index (χ4n) is 1.71. The number of nitrogen functional groups attached to an aromatic ring is 1. The lowest BCUT2D eigenvalue weighted by atomic mass is 10.2. The molecule has 18 heavy (non-hydrogen) atoms. The summed E-state index contributed by atoms with van der Waals surface area (Å²) in [6, 6.07) is -0.612. The number of hydrogen-bond acceptors (Lipinski definition) is 8. The van der Waals surface area contributed by atoms with Crippen LogP contribution in [-0.4, -0.2) is 44.6 Å². The zero-order chi connectivity index (χ0) is 13.4. The lowest BCUT2D eigenvalue weighted by Crippen LogP contribution is -2.43. The van der Waals surface area contributed by atoms with Crippen LogP contribution < -0.4 is 10.5 Å². The summed E-state index contributed by atoms with van der Waals surface area (Å²) in [7, 11) is -7.00. The van der Waals surface area contributed by atoms with E-state index in [0.29, 0.717) is 12.8 Å². The SMILES string of the molecule is Nc1nnc(S(=O)(=O)NC2CCCS(=O)(=O)C2)s1. The van der Waals surface area contributed by atoms with E-state index in [0.717, 1.165) is 11.3 Å². The number of hydrogen-bond donors (Lipinski definition) is 2. The monoisotopic (exact) mass is 312 g/mol. The second kappa shape index (κ2) is 4.72. The van der Waals surface area contributed by atoms with Crippen LogP contribution in [0.2, 0.25) is 0 Å². The van der Waals surface area contributed by atoms with Crippen molar-refractivity contribution in [3.8, 4) is 0 Å². The van der Waals surface area contributed by atoms with Gasteiger partial charge in [0.15, 0.2) is 9.84 Å². The molecule has 1 aromatic heterocycles. The van der Waals surface area contributed by atoms with Crippen molar-refractivity contribution in [3.05, 3.63) is 0 Å². The summed E-state index contributed by atoms with van der Waals surface area (Å²) in [5.41, 5.74) is 5.31. The first kappa shape index (κ1) is 13.6. The van der Waals surface area contributed by atoms with Crippen molar-refractivity contribution >= 4 is 36.3 Å². The largest absolute Gasteiger partial charge is 0.374 e. The van der Waals surface area contributed by atoms with Crippen LogP contribution in [0.1, 0.15) is 12.8 Å². The van der Waals surface area contributed by atoms with Crippen molar-refractivity contribution in [2.75, 3.05) is 17.2 Å². The maximum atomic E-state index is 11.9. The van der Waals surface area contributed by atoms with Crippen molar-refractivity contribution < 1.29 is 16.8 Å². The summed E-state index contributed by atoms with van der Waals surface area (Å²) in [5, 5.41) is 6.89. The average Bonchev–Trinajstić information content (AvgIpc) is 2.63. The standard InChI is InChI=1S/C7H12N4O4S3/c8-6-9-10-7(16-6)18(14,15)11-5-2-1-3-17(12,13)4-5/h5,11H,1-4H2,(H2,8,9). The molecule has 102 valence electrons. The molecular weight excluding hydrogens is 300 g/mol. The summed E-state index contributed by atoms with van der Waals surface area (Å²) in [6.07, 6.45) is 0.945. The molecule has 1 aromatic rings. The van der Waals surface area contributed by atoms with Gasteiger partial charge in [0, 0.05) is 6.04 Å². The Morgan fingerprint density at radius 3 is 2.67 bits per heavy atom. The number of nitrogens with one attached hydrogen (secondary N) is 1. The highest BCUT2D eigenvalue weighted by molar-refractivity contribution is 7.92. The number of nitrogens with zero attached hydrogens (tertiary/aromatic N) is 2. The quantitative estimate of drug-likeness (QED) is 0.729. The van der Waals surface area contributed by atoms with E-state index in [1.807, 2.05) is 0 Å². The number of rotatable bonds is 3. The number of sulfonamides is 1. The van der Waals surface area contributed by atoms with Crippen LogP contribution in [0.5, 0.6) is 0 Å². The molecule has 0 aliphatic carbocycles. The van der Waals surface area contributed by atoms with Crippen molar-refractivity contribution in [2.24, 2.45) is 0 Å². The molecule has 1 aliphatic rings. The van der Waals surface area contributed by atoms with E-state index in [1.165, 1.54) is 0 Å². The Morgan fingerprint density at radius 2 is 2.11 bits per heavy atom. The summed E-state index contributed by atoms with van der Waals surface area (Å²) in [6.45, 7) is 0. The van der Waals surface area contributed by atoms with Gasteiger partial charge in [-0.25, -0.2) is 21.6 Å². The number of aromatic nitrogens is 2. The molecule has 8 nitrogen and oxygen atoms in total. The van der Waals surface area contributed by atoms with Crippen LogP contribution in [0.4, 0.5) is 5.13 Å². The fourth-order valence-corrected chi connectivity index (χ4v) is 5.53. The third kappa shape index (κ3) is 3.16. The third-order valence-electron chi connectivity index (χ3n) is 2.44. The lowest BCUT2D eigenvalue weighted by molar-refractivity contribution is 0.516. The van der Waals surface area contributed by atoms with Crippen molar-refractivity contribution in [3.63, 3.8) is 0 Å². The van der Waals surface area contributed by atoms with Crippen LogP contribution in [0, 0.1) is 0 Å². The molecule has 0 bridgehead atoms. The predicted molar refractivity (Wildman–Crippen MR) is 66.3 cm³/mol.